The average molecular weight is 577 g/mol. The van der Waals surface area contributed by atoms with Crippen molar-refractivity contribution in [1.82, 2.24) is 5.32 Å². The van der Waals surface area contributed by atoms with Gasteiger partial charge in [-0.3, -0.25) is 9.59 Å². The van der Waals surface area contributed by atoms with Crippen molar-refractivity contribution in [2.75, 3.05) is 0 Å². The zero-order valence-corrected chi connectivity index (χ0v) is 17.8. The Morgan fingerprint density at radius 2 is 1.65 bits per heavy atom. The van der Waals surface area contributed by atoms with Gasteiger partial charge in [-0.2, -0.15) is 0 Å². The van der Waals surface area contributed by atoms with Crippen molar-refractivity contribution in [3.8, 4) is 5.75 Å². The number of amides is 1. The van der Waals surface area contributed by atoms with E-state index in [1.165, 1.54) is 13.0 Å². The number of carboxylic acid groups (broad SMARTS) is 1. The van der Waals surface area contributed by atoms with Crippen molar-refractivity contribution in [2.24, 2.45) is 0 Å². The van der Waals surface area contributed by atoms with E-state index >= 15 is 0 Å². The number of hydrogen-bond acceptors (Lipinski definition) is 4. The number of halogens is 2. The number of hydrogen-bond donors (Lipinski definition) is 2. The molecular formula is C18H13I2NO5. The standard InChI is InChI=1S/C18H13I2NO5/c1-10(22)26-16-13(19)7-11(8-14(16)20)9-15(18(24)25)21-17(23)12-5-3-2-4-6-12/h2-9H,1H3,(H,21,23)(H,24,25)/b15-9+. The molecule has 0 saturated carbocycles. The molecule has 8 heteroatoms. The quantitative estimate of drug-likeness (QED) is 0.245. The van der Waals surface area contributed by atoms with Crippen LogP contribution >= 0.6 is 45.2 Å². The maximum atomic E-state index is 12.2. The van der Waals surface area contributed by atoms with E-state index in [9.17, 15) is 19.5 Å². The minimum absolute atomic E-state index is 0.259. The van der Waals surface area contributed by atoms with Crippen LogP contribution in [-0.2, 0) is 9.59 Å². The first-order valence-corrected chi connectivity index (χ1v) is 9.42. The lowest BCUT2D eigenvalue weighted by Crippen LogP contribution is -2.27. The van der Waals surface area contributed by atoms with Gasteiger partial charge in [-0.25, -0.2) is 4.79 Å². The molecule has 2 N–H and O–H groups in total. The van der Waals surface area contributed by atoms with Crippen molar-refractivity contribution in [3.05, 3.63) is 66.4 Å². The molecule has 134 valence electrons. The maximum Gasteiger partial charge on any atom is 0.352 e. The molecule has 0 aliphatic carbocycles. The number of carbonyl (C=O) groups excluding carboxylic acids is 2. The summed E-state index contributed by atoms with van der Waals surface area (Å²) in [6.07, 6.45) is 1.35. The Hall–Kier alpha value is -1.95. The second-order valence-corrected chi connectivity index (χ2v) is 7.42. The van der Waals surface area contributed by atoms with E-state index in [1.807, 2.05) is 45.2 Å². The number of esters is 1. The van der Waals surface area contributed by atoms with Gasteiger partial charge in [0.05, 0.1) is 7.14 Å². The van der Waals surface area contributed by atoms with Crippen LogP contribution in [-0.4, -0.2) is 23.0 Å². The van der Waals surface area contributed by atoms with Crippen LogP contribution < -0.4 is 10.1 Å². The van der Waals surface area contributed by atoms with Crippen LogP contribution in [0.3, 0.4) is 0 Å². The number of benzene rings is 2. The van der Waals surface area contributed by atoms with E-state index in [2.05, 4.69) is 5.32 Å². The Morgan fingerprint density at radius 1 is 1.08 bits per heavy atom. The molecule has 0 saturated heterocycles. The fourth-order valence-corrected chi connectivity index (χ4v) is 4.04. The van der Waals surface area contributed by atoms with Gasteiger partial charge in [-0.05, 0) is 81.1 Å². The summed E-state index contributed by atoms with van der Waals surface area (Å²) in [4.78, 5) is 34.8. The van der Waals surface area contributed by atoms with Crippen LogP contribution in [0, 0.1) is 7.14 Å². The van der Waals surface area contributed by atoms with Gasteiger partial charge in [0.2, 0.25) is 0 Å². The highest BCUT2D eigenvalue weighted by Gasteiger charge is 2.15. The van der Waals surface area contributed by atoms with Crippen molar-refractivity contribution < 1.29 is 24.2 Å². The molecule has 0 aromatic heterocycles. The van der Waals surface area contributed by atoms with E-state index < -0.39 is 17.8 Å². The Labute approximate surface area is 176 Å². The Balaban J connectivity index is 2.33. The Morgan fingerprint density at radius 3 is 2.15 bits per heavy atom. The molecule has 2 aromatic rings. The molecule has 2 rings (SSSR count). The molecule has 2 aromatic carbocycles. The van der Waals surface area contributed by atoms with Gasteiger partial charge < -0.3 is 15.2 Å². The zero-order chi connectivity index (χ0) is 19.3. The van der Waals surface area contributed by atoms with Gasteiger partial charge in [0, 0.05) is 12.5 Å². The van der Waals surface area contributed by atoms with Crippen LogP contribution in [0.4, 0.5) is 0 Å². The van der Waals surface area contributed by atoms with Gasteiger partial charge in [0.1, 0.15) is 5.70 Å². The second-order valence-electron chi connectivity index (χ2n) is 5.09. The molecule has 0 atom stereocenters. The summed E-state index contributed by atoms with van der Waals surface area (Å²) in [5, 5.41) is 11.8. The van der Waals surface area contributed by atoms with E-state index in [1.54, 1.807) is 42.5 Å². The molecule has 0 radical (unpaired) electrons. The molecule has 0 bridgehead atoms. The van der Waals surface area contributed by atoms with E-state index in [0.717, 1.165) is 0 Å². The van der Waals surface area contributed by atoms with Gasteiger partial charge in [-0.1, -0.05) is 18.2 Å². The smallest absolute Gasteiger partial charge is 0.352 e. The lowest BCUT2D eigenvalue weighted by molar-refractivity contribution is -0.133. The molecule has 0 heterocycles. The molecular weight excluding hydrogens is 564 g/mol. The Bertz CT molecular complexity index is 871. The number of rotatable bonds is 5. The van der Waals surface area contributed by atoms with Gasteiger partial charge in [0.15, 0.2) is 5.75 Å². The molecule has 0 spiro atoms. The minimum atomic E-state index is -1.26. The summed E-state index contributed by atoms with van der Waals surface area (Å²) in [6.45, 7) is 1.31. The van der Waals surface area contributed by atoms with Crippen molar-refractivity contribution in [1.29, 1.82) is 0 Å². The summed E-state index contributed by atoms with van der Waals surface area (Å²) >= 11 is 4.00. The third-order valence-corrected chi connectivity index (χ3v) is 4.69. The SMILES string of the molecule is CC(=O)Oc1c(I)cc(/C=C(/NC(=O)c2ccccc2)C(=O)O)cc1I. The van der Waals surface area contributed by atoms with Crippen molar-refractivity contribution >= 4 is 69.1 Å². The number of carboxylic acids is 1. The molecule has 6 nitrogen and oxygen atoms in total. The zero-order valence-electron chi connectivity index (χ0n) is 13.5. The lowest BCUT2D eigenvalue weighted by Gasteiger charge is -2.10. The summed E-state index contributed by atoms with van der Waals surface area (Å²) < 4.78 is 6.44. The summed E-state index contributed by atoms with van der Waals surface area (Å²) in [6, 6.07) is 11.7. The number of nitrogens with one attached hydrogen (secondary N) is 1. The minimum Gasteiger partial charge on any atom is -0.477 e. The number of ether oxygens (including phenoxy) is 1. The average Bonchev–Trinajstić information content (AvgIpc) is 2.58. The first-order chi connectivity index (χ1) is 12.3. The molecule has 0 fully saturated rings. The monoisotopic (exact) mass is 577 g/mol. The van der Waals surface area contributed by atoms with E-state index in [4.69, 9.17) is 4.74 Å². The molecule has 26 heavy (non-hydrogen) atoms. The number of carbonyl (C=O) groups is 3. The largest absolute Gasteiger partial charge is 0.477 e. The normalized spacial score (nSPS) is 11.0. The van der Waals surface area contributed by atoms with Gasteiger partial charge >= 0.3 is 11.9 Å². The third-order valence-electron chi connectivity index (χ3n) is 3.09. The number of aliphatic carboxylic acids is 1. The summed E-state index contributed by atoms with van der Waals surface area (Å²) in [7, 11) is 0. The predicted molar refractivity (Wildman–Crippen MR) is 113 cm³/mol. The lowest BCUT2D eigenvalue weighted by atomic mass is 10.1. The highest BCUT2D eigenvalue weighted by Crippen LogP contribution is 2.29. The van der Waals surface area contributed by atoms with Crippen LogP contribution in [0.2, 0.25) is 0 Å². The van der Waals surface area contributed by atoms with Gasteiger partial charge in [0.25, 0.3) is 5.91 Å². The van der Waals surface area contributed by atoms with Crippen LogP contribution in [0.25, 0.3) is 6.08 Å². The Kier molecular flexibility index (Phi) is 7.14. The van der Waals surface area contributed by atoms with Crippen molar-refractivity contribution in [3.63, 3.8) is 0 Å². The fraction of sp³-hybridized carbons (Fsp3) is 0.0556. The van der Waals surface area contributed by atoms with Crippen LogP contribution in [0.5, 0.6) is 5.75 Å². The third kappa shape index (κ3) is 5.53. The summed E-state index contributed by atoms with van der Waals surface area (Å²) in [5.41, 5.74) is 0.653. The highest BCUT2D eigenvalue weighted by atomic mass is 127. The maximum absolute atomic E-state index is 12.2. The first-order valence-electron chi connectivity index (χ1n) is 7.26. The van der Waals surface area contributed by atoms with Crippen LogP contribution in [0.15, 0.2) is 48.2 Å². The summed E-state index contributed by atoms with van der Waals surface area (Å²) in [5.74, 6) is -1.80. The van der Waals surface area contributed by atoms with Crippen LogP contribution in [0.1, 0.15) is 22.8 Å². The fourth-order valence-electron chi connectivity index (χ4n) is 2.01. The first kappa shape index (κ1) is 20.4. The van der Waals surface area contributed by atoms with E-state index in [0.29, 0.717) is 24.0 Å². The topological polar surface area (TPSA) is 92.7 Å². The predicted octanol–water partition coefficient (Wildman–Crippen LogP) is 3.68. The highest BCUT2D eigenvalue weighted by molar-refractivity contribution is 14.1. The molecule has 0 aliphatic heterocycles. The van der Waals surface area contributed by atoms with E-state index in [-0.39, 0.29) is 5.70 Å². The molecule has 0 unspecified atom stereocenters. The molecule has 1 amide bonds. The second kappa shape index (κ2) is 9.12. The van der Waals surface area contributed by atoms with Crippen molar-refractivity contribution in [2.45, 2.75) is 6.92 Å². The molecule has 0 aliphatic rings. The van der Waals surface area contributed by atoms with Gasteiger partial charge in [-0.15, -0.1) is 0 Å².